The molecule has 1 aromatic carbocycles. The predicted molar refractivity (Wildman–Crippen MR) is 132 cm³/mol. The summed E-state index contributed by atoms with van der Waals surface area (Å²) >= 11 is 1.36. The molecular formula is C24H28N4O3S2. The molecule has 1 aliphatic carbocycles. The Hall–Kier alpha value is -2.78. The number of carbonyl (C=O) groups excluding carboxylic acids is 1. The summed E-state index contributed by atoms with van der Waals surface area (Å²) in [5.74, 6) is 0.455. The molecule has 0 atom stereocenters. The normalized spacial score (nSPS) is 14.4. The van der Waals surface area contributed by atoms with Crippen molar-refractivity contribution in [1.29, 1.82) is 0 Å². The number of carbonyl (C=O) groups is 1. The van der Waals surface area contributed by atoms with Gasteiger partial charge in [-0.25, -0.2) is 13.4 Å². The second-order valence-electron chi connectivity index (χ2n) is 8.61. The molecule has 3 aromatic rings. The SMILES string of the molecule is Cc1ccc(NS(=O)(=O)c2cc(-c3sc(NC(=O)CC4CCCC4)nc3C)ccc2C)cn1. The maximum Gasteiger partial charge on any atom is 0.262 e. The zero-order chi connectivity index (χ0) is 23.6. The van der Waals surface area contributed by atoms with Gasteiger partial charge in [-0.15, -0.1) is 0 Å². The monoisotopic (exact) mass is 484 g/mol. The minimum absolute atomic E-state index is 0.00900. The Balaban J connectivity index is 1.55. The van der Waals surface area contributed by atoms with E-state index in [1.807, 2.05) is 19.9 Å². The first-order chi connectivity index (χ1) is 15.7. The zero-order valence-corrected chi connectivity index (χ0v) is 20.6. The Labute approximate surface area is 198 Å². The van der Waals surface area contributed by atoms with E-state index in [4.69, 9.17) is 0 Å². The molecular weight excluding hydrogens is 456 g/mol. The number of nitrogens with zero attached hydrogens (tertiary/aromatic N) is 2. The highest BCUT2D eigenvalue weighted by Crippen LogP contribution is 2.35. The lowest BCUT2D eigenvalue weighted by atomic mass is 10.0. The Morgan fingerprint density at radius 2 is 1.88 bits per heavy atom. The van der Waals surface area contributed by atoms with Gasteiger partial charge in [0.1, 0.15) is 0 Å². The molecule has 7 nitrogen and oxygen atoms in total. The molecule has 0 aliphatic heterocycles. The van der Waals surface area contributed by atoms with Crippen molar-refractivity contribution in [3.8, 4) is 10.4 Å². The van der Waals surface area contributed by atoms with Crippen LogP contribution >= 0.6 is 11.3 Å². The van der Waals surface area contributed by atoms with Gasteiger partial charge < -0.3 is 5.32 Å². The van der Waals surface area contributed by atoms with Gasteiger partial charge in [-0.1, -0.05) is 36.3 Å². The fourth-order valence-corrected chi connectivity index (χ4v) is 6.43. The molecule has 1 amide bonds. The van der Waals surface area contributed by atoms with Crippen LogP contribution in [0.15, 0.2) is 41.4 Å². The average Bonchev–Trinajstić information content (AvgIpc) is 3.39. The number of hydrogen-bond donors (Lipinski definition) is 2. The van der Waals surface area contributed by atoms with E-state index < -0.39 is 10.0 Å². The van der Waals surface area contributed by atoms with Crippen LogP contribution in [-0.4, -0.2) is 24.3 Å². The van der Waals surface area contributed by atoms with Gasteiger partial charge in [0.15, 0.2) is 5.13 Å². The molecule has 9 heteroatoms. The zero-order valence-electron chi connectivity index (χ0n) is 19.0. The van der Waals surface area contributed by atoms with E-state index in [9.17, 15) is 13.2 Å². The van der Waals surface area contributed by atoms with Crippen molar-refractivity contribution in [3.05, 3.63) is 53.5 Å². The molecule has 2 aromatic heterocycles. The summed E-state index contributed by atoms with van der Waals surface area (Å²) < 4.78 is 28.8. The average molecular weight is 485 g/mol. The van der Waals surface area contributed by atoms with Gasteiger partial charge in [0, 0.05) is 12.1 Å². The Bertz CT molecular complexity index is 1260. The third-order valence-electron chi connectivity index (χ3n) is 5.90. The highest BCUT2D eigenvalue weighted by Gasteiger charge is 2.22. The van der Waals surface area contributed by atoms with Crippen LogP contribution in [0.1, 0.15) is 49.1 Å². The van der Waals surface area contributed by atoms with E-state index >= 15 is 0 Å². The molecule has 2 heterocycles. The Kier molecular flexibility index (Phi) is 6.81. The smallest absolute Gasteiger partial charge is 0.262 e. The van der Waals surface area contributed by atoms with Crippen molar-refractivity contribution >= 4 is 38.1 Å². The molecule has 1 fully saturated rings. The number of benzene rings is 1. The summed E-state index contributed by atoms with van der Waals surface area (Å²) in [7, 11) is -3.80. The number of pyridine rings is 1. The van der Waals surface area contributed by atoms with E-state index in [0.29, 0.717) is 28.7 Å². The number of sulfonamides is 1. The van der Waals surface area contributed by atoms with E-state index in [1.165, 1.54) is 30.4 Å². The quantitative estimate of drug-likeness (QED) is 0.464. The number of aromatic nitrogens is 2. The minimum Gasteiger partial charge on any atom is -0.302 e. The second kappa shape index (κ2) is 9.61. The van der Waals surface area contributed by atoms with E-state index in [0.717, 1.165) is 34.7 Å². The third kappa shape index (κ3) is 5.59. The largest absolute Gasteiger partial charge is 0.302 e. The number of nitrogens with one attached hydrogen (secondary N) is 2. The molecule has 0 unspecified atom stereocenters. The van der Waals surface area contributed by atoms with Crippen LogP contribution in [0.4, 0.5) is 10.8 Å². The molecule has 4 rings (SSSR count). The lowest BCUT2D eigenvalue weighted by Gasteiger charge is -2.12. The van der Waals surface area contributed by atoms with Crippen LogP contribution in [-0.2, 0) is 14.8 Å². The number of aryl methyl sites for hydroxylation is 3. The van der Waals surface area contributed by atoms with Gasteiger partial charge >= 0.3 is 0 Å². The topological polar surface area (TPSA) is 101 Å². The van der Waals surface area contributed by atoms with E-state index in [1.54, 1.807) is 31.2 Å². The van der Waals surface area contributed by atoms with Crippen LogP contribution < -0.4 is 10.0 Å². The Morgan fingerprint density at radius 3 is 2.58 bits per heavy atom. The molecule has 0 bridgehead atoms. The molecule has 0 radical (unpaired) electrons. The molecule has 0 spiro atoms. The van der Waals surface area contributed by atoms with Crippen LogP contribution in [0.2, 0.25) is 0 Å². The first kappa shape index (κ1) is 23.4. The highest BCUT2D eigenvalue weighted by atomic mass is 32.2. The van der Waals surface area contributed by atoms with Crippen LogP contribution in [0, 0.1) is 26.7 Å². The highest BCUT2D eigenvalue weighted by molar-refractivity contribution is 7.92. The number of rotatable bonds is 7. The molecule has 174 valence electrons. The minimum atomic E-state index is -3.80. The fourth-order valence-electron chi connectivity index (χ4n) is 4.13. The molecule has 0 saturated heterocycles. The van der Waals surface area contributed by atoms with Crippen molar-refractivity contribution in [2.24, 2.45) is 5.92 Å². The standard InChI is InChI=1S/C24H28N4O3S2/c1-15-8-10-19(13-21(15)33(30,31)28-20-11-9-16(2)25-14-20)23-17(3)26-24(32-23)27-22(29)12-18-6-4-5-7-18/h8-11,13-14,18,28H,4-7,12H2,1-3H3,(H,26,27,29). The van der Waals surface area contributed by atoms with Crippen molar-refractivity contribution in [2.45, 2.75) is 57.8 Å². The van der Waals surface area contributed by atoms with Crippen molar-refractivity contribution in [1.82, 2.24) is 9.97 Å². The first-order valence-corrected chi connectivity index (χ1v) is 13.3. The summed E-state index contributed by atoms with van der Waals surface area (Å²) in [6, 6.07) is 8.77. The van der Waals surface area contributed by atoms with Gasteiger partial charge in [-0.2, -0.15) is 0 Å². The number of hydrogen-bond acceptors (Lipinski definition) is 6. The summed E-state index contributed by atoms with van der Waals surface area (Å²) in [4.78, 5) is 22.1. The maximum absolute atomic E-state index is 13.1. The van der Waals surface area contributed by atoms with Crippen LogP contribution in [0.25, 0.3) is 10.4 Å². The number of anilines is 2. The first-order valence-electron chi connectivity index (χ1n) is 11.0. The van der Waals surface area contributed by atoms with Crippen molar-refractivity contribution < 1.29 is 13.2 Å². The van der Waals surface area contributed by atoms with Crippen molar-refractivity contribution in [3.63, 3.8) is 0 Å². The second-order valence-corrected chi connectivity index (χ2v) is 11.3. The van der Waals surface area contributed by atoms with Gasteiger partial charge in [0.2, 0.25) is 5.91 Å². The van der Waals surface area contributed by atoms with E-state index in [-0.39, 0.29) is 10.8 Å². The maximum atomic E-state index is 13.1. The van der Waals surface area contributed by atoms with Crippen LogP contribution in [0.5, 0.6) is 0 Å². The summed E-state index contributed by atoms with van der Waals surface area (Å²) in [5, 5.41) is 3.47. The van der Waals surface area contributed by atoms with Gasteiger partial charge in [-0.3, -0.25) is 14.5 Å². The van der Waals surface area contributed by atoms with Crippen LogP contribution in [0.3, 0.4) is 0 Å². The van der Waals surface area contributed by atoms with Gasteiger partial charge in [0.25, 0.3) is 10.0 Å². The van der Waals surface area contributed by atoms with Gasteiger partial charge in [-0.05, 0) is 68.9 Å². The summed E-state index contributed by atoms with van der Waals surface area (Å²) in [6.45, 7) is 5.47. The molecule has 1 aliphatic rings. The summed E-state index contributed by atoms with van der Waals surface area (Å²) in [6.07, 6.45) is 6.66. The van der Waals surface area contributed by atoms with Crippen molar-refractivity contribution in [2.75, 3.05) is 10.0 Å². The lowest BCUT2D eigenvalue weighted by Crippen LogP contribution is -2.14. The summed E-state index contributed by atoms with van der Waals surface area (Å²) in [5.41, 5.74) is 3.35. The third-order valence-corrected chi connectivity index (χ3v) is 8.54. The fraction of sp³-hybridized carbons (Fsp3) is 0.375. The Morgan fingerprint density at radius 1 is 1.12 bits per heavy atom. The van der Waals surface area contributed by atoms with Gasteiger partial charge in [0.05, 0.1) is 27.4 Å². The lowest BCUT2D eigenvalue weighted by molar-refractivity contribution is -0.117. The molecule has 2 N–H and O–H groups in total. The predicted octanol–water partition coefficient (Wildman–Crippen LogP) is 5.45. The number of amides is 1. The molecule has 1 saturated carbocycles. The number of thiazole rings is 1. The molecule has 33 heavy (non-hydrogen) atoms. The van der Waals surface area contributed by atoms with E-state index in [2.05, 4.69) is 20.0 Å².